The van der Waals surface area contributed by atoms with E-state index in [4.69, 9.17) is 11.6 Å². The van der Waals surface area contributed by atoms with E-state index < -0.39 is 6.04 Å². The number of aryl methyl sites for hydroxylation is 1. The second kappa shape index (κ2) is 9.23. The van der Waals surface area contributed by atoms with Crippen LogP contribution in [0.5, 0.6) is 0 Å². The van der Waals surface area contributed by atoms with Gasteiger partial charge in [-0.25, -0.2) is 9.97 Å². The Balaban J connectivity index is 1.46. The Bertz CT molecular complexity index is 1170. The molecule has 0 aliphatic heterocycles. The predicted octanol–water partition coefficient (Wildman–Crippen LogP) is 3.82. The first-order chi connectivity index (χ1) is 15.0. The summed E-state index contributed by atoms with van der Waals surface area (Å²) in [7, 11) is 1.88. The van der Waals surface area contributed by atoms with Gasteiger partial charge in [0.1, 0.15) is 17.7 Å². The van der Waals surface area contributed by atoms with Crippen LogP contribution in [0.2, 0.25) is 5.02 Å². The number of carbonyl (C=O) groups is 1. The molecule has 0 saturated heterocycles. The summed E-state index contributed by atoms with van der Waals surface area (Å²) in [4.78, 5) is 21.5. The SMILES string of the molecule is Cc1nnc(C(NC(=O)Cc2csc(Nc3ccc(Cl)cn3)n2)c2ccccc2)n1C. The van der Waals surface area contributed by atoms with E-state index in [1.165, 1.54) is 11.3 Å². The van der Waals surface area contributed by atoms with Crippen LogP contribution < -0.4 is 10.6 Å². The molecule has 31 heavy (non-hydrogen) atoms. The second-order valence-corrected chi connectivity index (χ2v) is 8.18. The van der Waals surface area contributed by atoms with Crippen LogP contribution in [0.15, 0.2) is 54.0 Å². The number of pyridine rings is 1. The van der Waals surface area contributed by atoms with Gasteiger partial charge in [0.15, 0.2) is 11.0 Å². The van der Waals surface area contributed by atoms with Gasteiger partial charge in [0.05, 0.1) is 17.1 Å². The largest absolute Gasteiger partial charge is 0.342 e. The van der Waals surface area contributed by atoms with Gasteiger partial charge in [-0.3, -0.25) is 4.79 Å². The minimum Gasteiger partial charge on any atom is -0.342 e. The molecule has 1 unspecified atom stereocenters. The van der Waals surface area contributed by atoms with Crippen LogP contribution in [-0.4, -0.2) is 30.6 Å². The first-order valence-corrected chi connectivity index (χ1v) is 10.8. The number of nitrogens with zero attached hydrogens (tertiary/aromatic N) is 5. The maximum Gasteiger partial charge on any atom is 0.226 e. The molecule has 1 aromatic carbocycles. The lowest BCUT2D eigenvalue weighted by molar-refractivity contribution is -0.121. The lowest BCUT2D eigenvalue weighted by Gasteiger charge is -2.18. The Morgan fingerprint density at radius 3 is 2.68 bits per heavy atom. The summed E-state index contributed by atoms with van der Waals surface area (Å²) in [5.74, 6) is 1.93. The quantitative estimate of drug-likeness (QED) is 0.441. The van der Waals surface area contributed by atoms with E-state index in [9.17, 15) is 4.79 Å². The molecular weight excluding hydrogens is 434 g/mol. The normalized spacial score (nSPS) is 11.8. The summed E-state index contributed by atoms with van der Waals surface area (Å²) in [6, 6.07) is 12.8. The fourth-order valence-corrected chi connectivity index (χ4v) is 3.83. The molecule has 0 spiro atoms. The van der Waals surface area contributed by atoms with Gasteiger partial charge in [-0.1, -0.05) is 41.9 Å². The van der Waals surface area contributed by atoms with Crippen molar-refractivity contribution in [2.45, 2.75) is 19.4 Å². The molecule has 4 aromatic rings. The van der Waals surface area contributed by atoms with Crippen molar-refractivity contribution in [2.75, 3.05) is 5.32 Å². The molecule has 158 valence electrons. The van der Waals surface area contributed by atoms with Gasteiger partial charge >= 0.3 is 0 Å². The highest BCUT2D eigenvalue weighted by Gasteiger charge is 2.23. The molecule has 10 heteroatoms. The van der Waals surface area contributed by atoms with Crippen molar-refractivity contribution in [3.63, 3.8) is 0 Å². The van der Waals surface area contributed by atoms with Crippen molar-refractivity contribution in [3.8, 4) is 0 Å². The number of aromatic nitrogens is 5. The molecule has 1 atom stereocenters. The number of amides is 1. The van der Waals surface area contributed by atoms with Crippen LogP contribution in [0.25, 0.3) is 0 Å². The van der Waals surface area contributed by atoms with E-state index in [1.807, 2.05) is 54.3 Å². The van der Waals surface area contributed by atoms with Crippen molar-refractivity contribution < 1.29 is 4.79 Å². The molecule has 8 nitrogen and oxygen atoms in total. The number of benzene rings is 1. The minimum atomic E-state index is -0.408. The molecule has 0 radical (unpaired) electrons. The van der Waals surface area contributed by atoms with Crippen molar-refractivity contribution >= 4 is 39.8 Å². The highest BCUT2D eigenvalue weighted by molar-refractivity contribution is 7.13. The smallest absolute Gasteiger partial charge is 0.226 e. The molecule has 0 aliphatic carbocycles. The Hall–Kier alpha value is -3.30. The maximum atomic E-state index is 12.8. The van der Waals surface area contributed by atoms with Crippen LogP contribution in [0.4, 0.5) is 10.9 Å². The lowest BCUT2D eigenvalue weighted by atomic mass is 10.1. The highest BCUT2D eigenvalue weighted by atomic mass is 35.5. The molecule has 0 fully saturated rings. The molecule has 3 heterocycles. The molecule has 0 bridgehead atoms. The number of carbonyl (C=O) groups excluding carboxylic acids is 1. The third kappa shape index (κ3) is 5.07. The Kier molecular flexibility index (Phi) is 6.24. The van der Waals surface area contributed by atoms with E-state index in [0.29, 0.717) is 27.5 Å². The number of rotatable bonds is 7. The van der Waals surface area contributed by atoms with Crippen molar-refractivity contribution in [2.24, 2.45) is 7.05 Å². The van der Waals surface area contributed by atoms with Crippen molar-refractivity contribution in [3.05, 3.63) is 82.0 Å². The van der Waals surface area contributed by atoms with Crippen LogP contribution in [0.1, 0.15) is 28.9 Å². The van der Waals surface area contributed by atoms with E-state index in [2.05, 4.69) is 30.8 Å². The Labute approximate surface area is 188 Å². The number of halogens is 1. The zero-order valence-electron chi connectivity index (χ0n) is 16.9. The summed E-state index contributed by atoms with van der Waals surface area (Å²) in [5.41, 5.74) is 1.60. The van der Waals surface area contributed by atoms with Gasteiger partial charge in [-0.2, -0.15) is 0 Å². The maximum absolute atomic E-state index is 12.8. The van der Waals surface area contributed by atoms with Crippen LogP contribution in [0, 0.1) is 6.92 Å². The van der Waals surface area contributed by atoms with E-state index in [-0.39, 0.29) is 12.3 Å². The first-order valence-electron chi connectivity index (χ1n) is 9.53. The molecular formula is C21H20ClN7OS. The summed E-state index contributed by atoms with van der Waals surface area (Å²) < 4.78 is 1.88. The Morgan fingerprint density at radius 1 is 1.19 bits per heavy atom. The molecule has 2 N–H and O–H groups in total. The first kappa shape index (κ1) is 21.0. The summed E-state index contributed by atoms with van der Waals surface area (Å²) in [5, 5.41) is 17.6. The average Bonchev–Trinajstić information content (AvgIpc) is 3.35. The van der Waals surface area contributed by atoms with Crippen LogP contribution in [0.3, 0.4) is 0 Å². The zero-order chi connectivity index (χ0) is 21.8. The third-order valence-electron chi connectivity index (χ3n) is 4.68. The molecule has 0 saturated carbocycles. The predicted molar refractivity (Wildman–Crippen MR) is 121 cm³/mol. The number of hydrogen-bond acceptors (Lipinski definition) is 7. The third-order valence-corrected chi connectivity index (χ3v) is 5.71. The molecule has 0 aliphatic rings. The number of thiazole rings is 1. The summed E-state index contributed by atoms with van der Waals surface area (Å²) in [6.45, 7) is 1.87. The van der Waals surface area contributed by atoms with Gasteiger partial charge in [-0.05, 0) is 24.6 Å². The van der Waals surface area contributed by atoms with E-state index in [0.717, 1.165) is 11.4 Å². The highest BCUT2D eigenvalue weighted by Crippen LogP contribution is 2.23. The number of anilines is 2. The van der Waals surface area contributed by atoms with Gasteiger partial charge in [0, 0.05) is 18.6 Å². The molecule has 3 aromatic heterocycles. The monoisotopic (exact) mass is 453 g/mol. The summed E-state index contributed by atoms with van der Waals surface area (Å²) >= 11 is 7.27. The Morgan fingerprint density at radius 2 is 2.00 bits per heavy atom. The fraction of sp³-hybridized carbons (Fsp3) is 0.190. The minimum absolute atomic E-state index is 0.145. The standard InChI is InChI=1S/C21H20ClN7OS/c1-13-27-28-20(29(13)2)19(14-6-4-3-5-7-14)26-18(30)10-16-12-31-21(24-16)25-17-9-8-15(22)11-23-17/h3-9,11-12,19H,10H2,1-2H3,(H,26,30)(H,23,24,25). The molecule has 4 rings (SSSR count). The summed E-state index contributed by atoms with van der Waals surface area (Å²) in [6.07, 6.45) is 1.70. The fourth-order valence-electron chi connectivity index (χ4n) is 3.00. The topological polar surface area (TPSA) is 97.6 Å². The lowest BCUT2D eigenvalue weighted by Crippen LogP contribution is -2.32. The van der Waals surface area contributed by atoms with E-state index >= 15 is 0 Å². The average molecular weight is 454 g/mol. The number of nitrogens with one attached hydrogen (secondary N) is 2. The van der Waals surface area contributed by atoms with Crippen LogP contribution in [-0.2, 0) is 18.3 Å². The van der Waals surface area contributed by atoms with Gasteiger partial charge in [-0.15, -0.1) is 21.5 Å². The van der Waals surface area contributed by atoms with E-state index in [1.54, 1.807) is 18.3 Å². The zero-order valence-corrected chi connectivity index (χ0v) is 18.5. The van der Waals surface area contributed by atoms with Crippen molar-refractivity contribution in [1.29, 1.82) is 0 Å². The van der Waals surface area contributed by atoms with Gasteiger partial charge in [0.25, 0.3) is 0 Å². The van der Waals surface area contributed by atoms with Crippen molar-refractivity contribution in [1.82, 2.24) is 30.0 Å². The number of hydrogen-bond donors (Lipinski definition) is 2. The van der Waals surface area contributed by atoms with Gasteiger partial charge < -0.3 is 15.2 Å². The van der Waals surface area contributed by atoms with Gasteiger partial charge in [0.2, 0.25) is 5.91 Å². The second-order valence-electron chi connectivity index (χ2n) is 6.88. The molecule has 1 amide bonds. The van der Waals surface area contributed by atoms with Crippen LogP contribution >= 0.6 is 22.9 Å².